The summed E-state index contributed by atoms with van der Waals surface area (Å²) in [5.41, 5.74) is 0.548. The first kappa shape index (κ1) is 25.4. The molecule has 170 valence electrons. The number of carbonyl (C=O) groups excluding carboxylic acids is 2. The lowest BCUT2D eigenvalue weighted by molar-refractivity contribution is -0.140. The van der Waals surface area contributed by atoms with E-state index < -0.39 is 42.4 Å². The fourth-order valence-corrected chi connectivity index (χ4v) is 2.68. The minimum atomic E-state index is -1.45. The topological polar surface area (TPSA) is 182 Å². The van der Waals surface area contributed by atoms with Crippen LogP contribution in [0.25, 0.3) is 0 Å². The van der Waals surface area contributed by atoms with Gasteiger partial charge in [-0.3, -0.25) is 9.59 Å². The third kappa shape index (κ3) is 10.6. The van der Waals surface area contributed by atoms with Crippen molar-refractivity contribution >= 4 is 29.8 Å². The van der Waals surface area contributed by atoms with Crippen molar-refractivity contribution in [3.8, 4) is 0 Å². The third-order valence-electron chi connectivity index (χ3n) is 4.34. The lowest BCUT2D eigenvalue weighted by Crippen LogP contribution is -2.51. The first-order valence-corrected chi connectivity index (χ1v) is 9.78. The molecule has 0 unspecified atom stereocenters. The number of amides is 3. The molecule has 2 atom stereocenters. The number of rotatable bonds is 14. The molecule has 0 heterocycles. The zero-order chi connectivity index (χ0) is 23.2. The molecule has 0 saturated carbocycles. The maximum atomic E-state index is 11.9. The summed E-state index contributed by atoms with van der Waals surface area (Å²) in [5, 5.41) is 33.9. The molecule has 0 aliphatic heterocycles. The summed E-state index contributed by atoms with van der Waals surface area (Å²) in [6.45, 7) is 0.420. The zero-order valence-corrected chi connectivity index (χ0v) is 16.9. The van der Waals surface area contributed by atoms with E-state index in [4.69, 9.17) is 10.2 Å². The maximum Gasteiger partial charge on any atom is 0.326 e. The van der Waals surface area contributed by atoms with Gasteiger partial charge in [0.1, 0.15) is 12.1 Å². The monoisotopic (exact) mass is 437 g/mol. The molecule has 1 aromatic rings. The molecule has 11 nitrogen and oxygen atoms in total. The molecule has 0 spiro atoms. The molecule has 1 rings (SSSR count). The molecule has 0 fully saturated rings. The van der Waals surface area contributed by atoms with E-state index in [1.165, 1.54) is 0 Å². The van der Waals surface area contributed by atoms with E-state index in [0.717, 1.165) is 0 Å². The lowest BCUT2D eigenvalue weighted by Gasteiger charge is -2.18. The molecule has 0 aliphatic carbocycles. The second-order valence-electron chi connectivity index (χ2n) is 6.80. The minimum Gasteiger partial charge on any atom is -0.481 e. The Morgan fingerprint density at radius 1 is 0.774 bits per heavy atom. The van der Waals surface area contributed by atoms with Crippen LogP contribution in [0.15, 0.2) is 30.3 Å². The lowest BCUT2D eigenvalue weighted by atomic mass is 10.1. The highest BCUT2D eigenvalue weighted by atomic mass is 16.4. The molecular weight excluding hydrogens is 410 g/mol. The van der Waals surface area contributed by atoms with Crippen LogP contribution in [0.4, 0.5) is 4.79 Å². The van der Waals surface area contributed by atoms with Crippen molar-refractivity contribution in [2.75, 3.05) is 6.54 Å². The smallest absolute Gasteiger partial charge is 0.326 e. The molecule has 0 aromatic heterocycles. The molecule has 0 radical (unpaired) electrons. The highest BCUT2D eigenvalue weighted by Crippen LogP contribution is 2.05. The number of carboxylic acids is 3. The van der Waals surface area contributed by atoms with E-state index in [9.17, 15) is 29.1 Å². The second kappa shape index (κ2) is 13.6. The number of hydrogen-bond donors (Lipinski definition) is 6. The number of aliphatic carboxylic acids is 3. The van der Waals surface area contributed by atoms with Crippen LogP contribution in [-0.2, 0) is 14.4 Å². The Hall–Kier alpha value is -3.63. The van der Waals surface area contributed by atoms with Crippen molar-refractivity contribution in [3.05, 3.63) is 35.9 Å². The summed E-state index contributed by atoms with van der Waals surface area (Å²) in [6.07, 6.45) is 1.01. The standard InChI is InChI=1S/C20H27N3O8/c24-16(25)11-10-15(19(29)30)23-20(31)22-14(18(27)28)9-5-2-6-12-21-17(26)13-7-3-1-4-8-13/h1,3-4,7-8,14-15H,2,5-6,9-12H2,(H,21,26)(H,24,25)(H,27,28)(H,29,30)(H2,22,23,31)/t14-,15-/m0/s1. The van der Waals surface area contributed by atoms with Gasteiger partial charge in [0.05, 0.1) is 0 Å². The molecule has 0 bridgehead atoms. The molecular formula is C20H27N3O8. The Morgan fingerprint density at radius 3 is 1.90 bits per heavy atom. The molecule has 0 saturated heterocycles. The van der Waals surface area contributed by atoms with Crippen LogP contribution in [0.3, 0.4) is 0 Å². The summed E-state index contributed by atoms with van der Waals surface area (Å²) < 4.78 is 0. The highest BCUT2D eigenvalue weighted by Gasteiger charge is 2.24. The fraction of sp³-hybridized carbons (Fsp3) is 0.450. The van der Waals surface area contributed by atoms with Gasteiger partial charge in [0, 0.05) is 18.5 Å². The Bertz CT molecular complexity index is 769. The summed E-state index contributed by atoms with van der Waals surface area (Å²) in [5.74, 6) is -4.10. The number of nitrogens with one attached hydrogen (secondary N) is 3. The van der Waals surface area contributed by atoms with E-state index in [1.807, 2.05) is 6.07 Å². The largest absolute Gasteiger partial charge is 0.481 e. The number of unbranched alkanes of at least 4 members (excludes halogenated alkanes) is 2. The van der Waals surface area contributed by atoms with E-state index in [2.05, 4.69) is 16.0 Å². The number of hydrogen-bond acceptors (Lipinski definition) is 5. The van der Waals surface area contributed by atoms with Gasteiger partial charge < -0.3 is 31.3 Å². The summed E-state index contributed by atoms with van der Waals surface area (Å²) in [7, 11) is 0. The Kier molecular flexibility index (Phi) is 11.1. The first-order chi connectivity index (χ1) is 14.7. The quantitative estimate of drug-likeness (QED) is 0.233. The van der Waals surface area contributed by atoms with Gasteiger partial charge in [-0.1, -0.05) is 31.0 Å². The Morgan fingerprint density at radius 2 is 1.35 bits per heavy atom. The van der Waals surface area contributed by atoms with Crippen LogP contribution in [0.1, 0.15) is 48.9 Å². The van der Waals surface area contributed by atoms with Gasteiger partial charge in [0.25, 0.3) is 5.91 Å². The number of benzene rings is 1. The van der Waals surface area contributed by atoms with E-state index in [-0.39, 0.29) is 18.7 Å². The van der Waals surface area contributed by atoms with Gasteiger partial charge >= 0.3 is 23.9 Å². The Balaban J connectivity index is 2.34. The highest BCUT2D eigenvalue weighted by molar-refractivity contribution is 5.94. The van der Waals surface area contributed by atoms with Crippen molar-refractivity contribution < 1.29 is 39.3 Å². The Labute approximate surface area is 178 Å². The van der Waals surface area contributed by atoms with Gasteiger partial charge in [-0.05, 0) is 31.4 Å². The molecule has 31 heavy (non-hydrogen) atoms. The number of carboxylic acid groups (broad SMARTS) is 3. The van der Waals surface area contributed by atoms with Gasteiger partial charge in [-0.15, -0.1) is 0 Å². The van der Waals surface area contributed by atoms with Crippen molar-refractivity contribution in [2.24, 2.45) is 0 Å². The van der Waals surface area contributed by atoms with E-state index in [0.29, 0.717) is 31.4 Å². The first-order valence-electron chi connectivity index (χ1n) is 9.78. The normalized spacial score (nSPS) is 12.3. The number of carbonyl (C=O) groups is 5. The molecule has 1 aromatic carbocycles. The SMILES string of the molecule is O=C(O)CC[C@H](NC(=O)N[C@@H](CCCCCNC(=O)c1ccccc1)C(=O)O)C(=O)O. The van der Waals surface area contributed by atoms with Crippen molar-refractivity contribution in [1.82, 2.24) is 16.0 Å². The third-order valence-corrected chi connectivity index (χ3v) is 4.34. The van der Waals surface area contributed by atoms with Crippen LogP contribution < -0.4 is 16.0 Å². The van der Waals surface area contributed by atoms with Crippen LogP contribution in [0, 0.1) is 0 Å². The molecule has 11 heteroatoms. The second-order valence-corrected chi connectivity index (χ2v) is 6.80. The van der Waals surface area contributed by atoms with Gasteiger partial charge in [0.15, 0.2) is 0 Å². The van der Waals surface area contributed by atoms with Crippen LogP contribution >= 0.6 is 0 Å². The average molecular weight is 437 g/mol. The van der Waals surface area contributed by atoms with Gasteiger partial charge in [-0.2, -0.15) is 0 Å². The van der Waals surface area contributed by atoms with Gasteiger partial charge in [0.2, 0.25) is 0 Å². The fourth-order valence-electron chi connectivity index (χ4n) is 2.68. The molecule has 6 N–H and O–H groups in total. The molecule has 3 amide bonds. The molecule has 0 aliphatic rings. The van der Waals surface area contributed by atoms with Crippen molar-refractivity contribution in [2.45, 2.75) is 50.6 Å². The van der Waals surface area contributed by atoms with Gasteiger partial charge in [-0.25, -0.2) is 14.4 Å². The summed E-state index contributed by atoms with van der Waals surface area (Å²) in [6, 6.07) is 5.04. The number of urea groups is 1. The predicted molar refractivity (Wildman–Crippen MR) is 109 cm³/mol. The predicted octanol–water partition coefficient (Wildman–Crippen LogP) is 1.05. The van der Waals surface area contributed by atoms with E-state index in [1.54, 1.807) is 24.3 Å². The summed E-state index contributed by atoms with van der Waals surface area (Å²) in [4.78, 5) is 56.8. The maximum absolute atomic E-state index is 11.9. The minimum absolute atomic E-state index is 0.113. The summed E-state index contributed by atoms with van der Waals surface area (Å²) >= 11 is 0. The van der Waals surface area contributed by atoms with Crippen LogP contribution in [0.2, 0.25) is 0 Å². The van der Waals surface area contributed by atoms with Crippen LogP contribution in [0.5, 0.6) is 0 Å². The zero-order valence-electron chi connectivity index (χ0n) is 16.9. The average Bonchev–Trinajstić information content (AvgIpc) is 2.72. The van der Waals surface area contributed by atoms with Crippen molar-refractivity contribution in [3.63, 3.8) is 0 Å². The van der Waals surface area contributed by atoms with Crippen molar-refractivity contribution in [1.29, 1.82) is 0 Å². The van der Waals surface area contributed by atoms with Crippen LogP contribution in [-0.4, -0.2) is 63.8 Å². The van der Waals surface area contributed by atoms with E-state index >= 15 is 0 Å².